The van der Waals surface area contributed by atoms with Crippen LogP contribution in [0.3, 0.4) is 0 Å². The minimum Gasteiger partial charge on any atom is -0.394 e. The predicted octanol–water partition coefficient (Wildman–Crippen LogP) is 3.49. The number of aryl methyl sites for hydroxylation is 2. The zero-order valence-corrected chi connectivity index (χ0v) is 17.9. The Balaban J connectivity index is 1.91. The summed E-state index contributed by atoms with van der Waals surface area (Å²) in [6.07, 6.45) is 11.2. The van der Waals surface area contributed by atoms with Gasteiger partial charge in [0.05, 0.1) is 18.8 Å². The second-order valence-corrected chi connectivity index (χ2v) is 9.46. The summed E-state index contributed by atoms with van der Waals surface area (Å²) in [7, 11) is -4.61. The number of rotatable bonds is 12. The third kappa shape index (κ3) is 7.25. The molecule has 28 heavy (non-hydrogen) atoms. The van der Waals surface area contributed by atoms with E-state index >= 15 is 0 Å². The second kappa shape index (κ2) is 10.9. The molecule has 1 aromatic rings. The van der Waals surface area contributed by atoms with Crippen LogP contribution >= 0.6 is 7.82 Å². The first kappa shape index (κ1) is 23.5. The number of hydrogen-bond donors (Lipinski definition) is 4. The normalized spacial score (nSPS) is 19.2. The fourth-order valence-corrected chi connectivity index (χ4v) is 4.47. The fourth-order valence-electron chi connectivity index (χ4n) is 4.06. The number of phosphoric ester groups is 1. The zero-order valence-electron chi connectivity index (χ0n) is 17.0. The Labute approximate surface area is 168 Å². The highest BCUT2D eigenvalue weighted by Crippen LogP contribution is 2.39. The summed E-state index contributed by atoms with van der Waals surface area (Å²) >= 11 is 0. The van der Waals surface area contributed by atoms with Crippen LogP contribution in [0.15, 0.2) is 18.2 Å². The SMILES string of the molecule is CCCCCCCCc1ccc2c(c1)CCC(C(N)(CO)COP(=O)(O)O)C2. The molecule has 0 radical (unpaired) electrons. The van der Waals surface area contributed by atoms with Gasteiger partial charge in [0.15, 0.2) is 0 Å². The van der Waals surface area contributed by atoms with Crippen LogP contribution in [0.25, 0.3) is 0 Å². The summed E-state index contributed by atoms with van der Waals surface area (Å²) in [4.78, 5) is 17.9. The number of unbranched alkanes of at least 4 members (excludes halogenated alkanes) is 5. The summed E-state index contributed by atoms with van der Waals surface area (Å²) in [5.74, 6) is -0.0824. The van der Waals surface area contributed by atoms with Crippen molar-refractivity contribution in [3.63, 3.8) is 0 Å². The molecular formula is C21H36NO5P. The topological polar surface area (TPSA) is 113 Å². The van der Waals surface area contributed by atoms with Gasteiger partial charge >= 0.3 is 7.82 Å². The Bertz CT molecular complexity index is 662. The first-order valence-corrected chi connectivity index (χ1v) is 12.0. The molecule has 0 bridgehead atoms. The maximum Gasteiger partial charge on any atom is 0.469 e. The van der Waals surface area contributed by atoms with Crippen molar-refractivity contribution >= 4 is 7.82 Å². The molecule has 2 rings (SSSR count). The highest BCUT2D eigenvalue weighted by Gasteiger charge is 2.38. The largest absolute Gasteiger partial charge is 0.469 e. The van der Waals surface area contributed by atoms with Crippen molar-refractivity contribution in [3.8, 4) is 0 Å². The van der Waals surface area contributed by atoms with Gasteiger partial charge in [0.2, 0.25) is 0 Å². The van der Waals surface area contributed by atoms with E-state index in [-0.39, 0.29) is 19.1 Å². The standard InChI is InChI=1S/C21H36NO5P/c1-2-3-4-5-6-7-8-17-9-10-19-14-20(12-11-18(19)13-17)21(22,15-23)16-27-28(24,25)26/h9-10,13,20,23H,2-8,11-12,14-16,22H2,1H3,(H2,24,25,26). The Kier molecular flexibility index (Phi) is 9.13. The first-order valence-electron chi connectivity index (χ1n) is 10.5. The molecule has 1 aliphatic carbocycles. The van der Waals surface area contributed by atoms with Gasteiger partial charge in [0.1, 0.15) is 0 Å². The maximum atomic E-state index is 11.0. The van der Waals surface area contributed by atoms with E-state index in [9.17, 15) is 9.67 Å². The average Bonchev–Trinajstić information content (AvgIpc) is 2.67. The van der Waals surface area contributed by atoms with Crippen molar-refractivity contribution in [2.24, 2.45) is 11.7 Å². The summed E-state index contributed by atoms with van der Waals surface area (Å²) < 4.78 is 15.6. The van der Waals surface area contributed by atoms with Crippen LogP contribution in [0.1, 0.15) is 68.6 Å². The van der Waals surface area contributed by atoms with Gasteiger partial charge in [-0.1, -0.05) is 57.2 Å². The predicted molar refractivity (Wildman–Crippen MR) is 111 cm³/mol. The Morgan fingerprint density at radius 2 is 1.89 bits per heavy atom. The van der Waals surface area contributed by atoms with Gasteiger partial charge < -0.3 is 20.6 Å². The molecular weight excluding hydrogens is 377 g/mol. The van der Waals surface area contributed by atoms with E-state index in [4.69, 9.17) is 15.5 Å². The molecule has 0 fully saturated rings. The molecule has 0 heterocycles. The lowest BCUT2D eigenvalue weighted by molar-refractivity contribution is 0.0635. The molecule has 0 aromatic heterocycles. The third-order valence-electron chi connectivity index (χ3n) is 5.93. The summed E-state index contributed by atoms with van der Waals surface area (Å²) in [6, 6.07) is 6.62. The minimum absolute atomic E-state index is 0.0824. The van der Waals surface area contributed by atoms with Gasteiger partial charge in [0.25, 0.3) is 0 Å². The van der Waals surface area contributed by atoms with Gasteiger partial charge in [-0.25, -0.2) is 4.57 Å². The number of nitrogens with two attached hydrogens (primary N) is 1. The summed E-state index contributed by atoms with van der Waals surface area (Å²) in [5, 5.41) is 9.74. The van der Waals surface area contributed by atoms with Crippen molar-refractivity contribution in [1.29, 1.82) is 0 Å². The van der Waals surface area contributed by atoms with Crippen LogP contribution in [0, 0.1) is 5.92 Å². The molecule has 2 unspecified atom stereocenters. The molecule has 1 aliphatic rings. The van der Waals surface area contributed by atoms with Crippen LogP contribution < -0.4 is 5.73 Å². The molecule has 0 spiro atoms. The number of fused-ring (bicyclic) bond motifs is 1. The van der Waals surface area contributed by atoms with Crippen LogP contribution in [0.2, 0.25) is 0 Å². The molecule has 0 aliphatic heterocycles. The molecule has 5 N–H and O–H groups in total. The van der Waals surface area contributed by atoms with Gasteiger partial charge in [0, 0.05) is 0 Å². The fraction of sp³-hybridized carbons (Fsp3) is 0.714. The lowest BCUT2D eigenvalue weighted by Crippen LogP contribution is -2.55. The van der Waals surface area contributed by atoms with Gasteiger partial charge in [-0.3, -0.25) is 4.52 Å². The lowest BCUT2D eigenvalue weighted by atomic mass is 9.73. The van der Waals surface area contributed by atoms with E-state index < -0.39 is 13.4 Å². The van der Waals surface area contributed by atoms with E-state index in [1.807, 2.05) is 0 Å². The maximum absolute atomic E-state index is 11.0. The zero-order chi connectivity index (χ0) is 20.6. The number of aliphatic hydroxyl groups is 1. The van der Waals surface area contributed by atoms with Crippen LogP contribution in [-0.4, -0.2) is 33.6 Å². The van der Waals surface area contributed by atoms with Crippen molar-refractivity contribution in [1.82, 2.24) is 0 Å². The van der Waals surface area contributed by atoms with Gasteiger partial charge in [-0.05, 0) is 54.7 Å². The van der Waals surface area contributed by atoms with E-state index in [1.54, 1.807) is 0 Å². The Morgan fingerprint density at radius 1 is 1.18 bits per heavy atom. The number of hydrogen-bond acceptors (Lipinski definition) is 4. The van der Waals surface area contributed by atoms with Gasteiger partial charge in [-0.2, -0.15) is 0 Å². The molecule has 0 amide bonds. The van der Waals surface area contributed by atoms with Crippen molar-refractivity contribution < 1.29 is 24.0 Å². The molecule has 2 atom stereocenters. The minimum atomic E-state index is -4.61. The number of benzene rings is 1. The molecule has 0 saturated heterocycles. The van der Waals surface area contributed by atoms with Crippen molar-refractivity contribution in [2.45, 2.75) is 76.7 Å². The van der Waals surface area contributed by atoms with E-state index in [2.05, 4.69) is 29.6 Å². The Hall–Kier alpha value is -0.750. The second-order valence-electron chi connectivity index (χ2n) is 8.22. The molecule has 0 saturated carbocycles. The van der Waals surface area contributed by atoms with Crippen LogP contribution in [0.4, 0.5) is 0 Å². The Morgan fingerprint density at radius 3 is 2.57 bits per heavy atom. The number of aliphatic hydroxyl groups excluding tert-OH is 1. The average molecular weight is 413 g/mol. The molecule has 6 nitrogen and oxygen atoms in total. The quantitative estimate of drug-likeness (QED) is 0.308. The lowest BCUT2D eigenvalue weighted by Gasteiger charge is -2.38. The first-order chi connectivity index (χ1) is 13.3. The number of phosphoric acid groups is 1. The molecule has 7 heteroatoms. The van der Waals surface area contributed by atoms with Crippen LogP contribution in [-0.2, 0) is 28.4 Å². The van der Waals surface area contributed by atoms with E-state index in [0.29, 0.717) is 6.42 Å². The summed E-state index contributed by atoms with van der Waals surface area (Å²) in [5.41, 5.74) is 9.02. The van der Waals surface area contributed by atoms with Crippen molar-refractivity contribution in [3.05, 3.63) is 34.9 Å². The van der Waals surface area contributed by atoms with Crippen molar-refractivity contribution in [2.75, 3.05) is 13.2 Å². The third-order valence-corrected chi connectivity index (χ3v) is 6.39. The highest BCUT2D eigenvalue weighted by atomic mass is 31.2. The smallest absolute Gasteiger partial charge is 0.394 e. The monoisotopic (exact) mass is 413 g/mol. The van der Waals surface area contributed by atoms with E-state index in [1.165, 1.54) is 55.2 Å². The van der Waals surface area contributed by atoms with Gasteiger partial charge in [-0.15, -0.1) is 0 Å². The van der Waals surface area contributed by atoms with E-state index in [0.717, 1.165) is 19.3 Å². The van der Waals surface area contributed by atoms with Crippen LogP contribution in [0.5, 0.6) is 0 Å². The molecule has 160 valence electrons. The highest BCUT2D eigenvalue weighted by molar-refractivity contribution is 7.46. The summed E-state index contributed by atoms with van der Waals surface area (Å²) in [6.45, 7) is 1.50. The molecule has 1 aromatic carbocycles.